The molecular formula is C23H28Cl2N2O2S. The lowest BCUT2D eigenvalue weighted by atomic mass is 10.1. The molecule has 1 unspecified atom stereocenters. The van der Waals surface area contributed by atoms with E-state index in [1.165, 1.54) is 11.8 Å². The van der Waals surface area contributed by atoms with Gasteiger partial charge < -0.3 is 10.2 Å². The monoisotopic (exact) mass is 466 g/mol. The number of hydrogen-bond donors (Lipinski definition) is 1. The summed E-state index contributed by atoms with van der Waals surface area (Å²) in [7, 11) is 0. The largest absolute Gasteiger partial charge is 0.354 e. The summed E-state index contributed by atoms with van der Waals surface area (Å²) in [5.74, 6) is 1.07. The molecule has 0 spiro atoms. The van der Waals surface area contributed by atoms with Gasteiger partial charge in [-0.2, -0.15) is 0 Å². The number of carbonyl (C=O) groups is 2. The Morgan fingerprint density at radius 3 is 2.40 bits per heavy atom. The number of nitrogens with zero attached hydrogens (tertiary/aromatic N) is 1. The van der Waals surface area contributed by atoms with Crippen molar-refractivity contribution in [2.24, 2.45) is 5.92 Å². The maximum Gasteiger partial charge on any atom is 0.242 e. The highest BCUT2D eigenvalue weighted by Crippen LogP contribution is 2.24. The van der Waals surface area contributed by atoms with Crippen molar-refractivity contribution in [1.29, 1.82) is 0 Å². The SMILES string of the molecule is CC(C)CNC(=O)C(C)N(Cc1ccc(Cl)cc1Cl)C(=O)CSCc1ccccc1. The van der Waals surface area contributed by atoms with Gasteiger partial charge in [-0.15, -0.1) is 11.8 Å². The predicted molar refractivity (Wildman–Crippen MR) is 127 cm³/mol. The Morgan fingerprint density at radius 2 is 1.77 bits per heavy atom. The fourth-order valence-corrected chi connectivity index (χ4v) is 4.12. The molecule has 162 valence electrons. The molecule has 0 aliphatic heterocycles. The van der Waals surface area contributed by atoms with E-state index in [-0.39, 0.29) is 24.1 Å². The van der Waals surface area contributed by atoms with Crippen molar-refractivity contribution in [3.05, 3.63) is 69.7 Å². The van der Waals surface area contributed by atoms with Gasteiger partial charge in [0.2, 0.25) is 11.8 Å². The Bertz CT molecular complexity index is 846. The first-order chi connectivity index (χ1) is 14.3. The first kappa shape index (κ1) is 24.6. The quantitative estimate of drug-likeness (QED) is 0.508. The lowest BCUT2D eigenvalue weighted by molar-refractivity contribution is -0.138. The summed E-state index contributed by atoms with van der Waals surface area (Å²) in [6, 6.07) is 14.6. The predicted octanol–water partition coefficient (Wildman–Crippen LogP) is 5.42. The lowest BCUT2D eigenvalue weighted by Crippen LogP contribution is -2.48. The minimum absolute atomic E-state index is 0.103. The number of carbonyl (C=O) groups excluding carboxylic acids is 2. The summed E-state index contributed by atoms with van der Waals surface area (Å²) in [6.45, 7) is 6.62. The molecule has 2 aromatic carbocycles. The van der Waals surface area contributed by atoms with Gasteiger partial charge in [-0.25, -0.2) is 0 Å². The molecule has 1 N–H and O–H groups in total. The average molecular weight is 467 g/mol. The van der Waals surface area contributed by atoms with E-state index in [0.717, 1.165) is 16.9 Å². The van der Waals surface area contributed by atoms with Crippen molar-refractivity contribution in [3.8, 4) is 0 Å². The maximum atomic E-state index is 13.1. The molecule has 2 amide bonds. The Labute approximate surface area is 193 Å². The van der Waals surface area contributed by atoms with Crippen LogP contribution in [-0.4, -0.2) is 35.1 Å². The van der Waals surface area contributed by atoms with Crippen molar-refractivity contribution in [3.63, 3.8) is 0 Å². The van der Waals surface area contributed by atoms with Crippen LogP contribution in [0.25, 0.3) is 0 Å². The molecule has 0 bridgehead atoms. The average Bonchev–Trinajstić information content (AvgIpc) is 2.71. The number of amides is 2. The summed E-state index contributed by atoms with van der Waals surface area (Å²) in [4.78, 5) is 27.3. The highest BCUT2D eigenvalue weighted by atomic mass is 35.5. The molecule has 0 aliphatic carbocycles. The Kier molecular flexibility index (Phi) is 10.0. The topological polar surface area (TPSA) is 49.4 Å². The first-order valence-electron chi connectivity index (χ1n) is 9.90. The Morgan fingerprint density at radius 1 is 1.07 bits per heavy atom. The molecular weight excluding hydrogens is 439 g/mol. The third-order valence-electron chi connectivity index (χ3n) is 4.54. The number of halogens is 2. The van der Waals surface area contributed by atoms with Gasteiger partial charge in [0.15, 0.2) is 0 Å². The van der Waals surface area contributed by atoms with E-state index in [9.17, 15) is 9.59 Å². The summed E-state index contributed by atoms with van der Waals surface area (Å²) in [5.41, 5.74) is 1.91. The van der Waals surface area contributed by atoms with Crippen molar-refractivity contribution in [2.45, 2.75) is 39.1 Å². The first-order valence-corrected chi connectivity index (χ1v) is 11.8. The van der Waals surface area contributed by atoms with Crippen LogP contribution in [0.4, 0.5) is 0 Å². The molecule has 0 radical (unpaired) electrons. The highest BCUT2D eigenvalue weighted by Gasteiger charge is 2.26. The van der Waals surface area contributed by atoms with Crippen molar-refractivity contribution in [1.82, 2.24) is 10.2 Å². The normalized spacial score (nSPS) is 11.9. The van der Waals surface area contributed by atoms with Crippen molar-refractivity contribution in [2.75, 3.05) is 12.3 Å². The van der Waals surface area contributed by atoms with Crippen LogP contribution in [0.1, 0.15) is 31.9 Å². The van der Waals surface area contributed by atoms with Gasteiger partial charge in [0.1, 0.15) is 6.04 Å². The molecule has 1 atom stereocenters. The van der Waals surface area contributed by atoms with E-state index < -0.39 is 6.04 Å². The second kappa shape index (κ2) is 12.2. The fraction of sp³-hybridized carbons (Fsp3) is 0.391. The van der Waals surface area contributed by atoms with Gasteiger partial charge in [0, 0.05) is 28.9 Å². The van der Waals surface area contributed by atoms with Gasteiger partial charge in [0.05, 0.1) is 5.75 Å². The molecule has 0 fully saturated rings. The molecule has 30 heavy (non-hydrogen) atoms. The molecule has 4 nitrogen and oxygen atoms in total. The standard InChI is InChI=1S/C23H28Cl2N2O2S/c1-16(2)12-26-23(29)17(3)27(13-19-9-10-20(24)11-21(19)25)22(28)15-30-14-18-7-5-4-6-8-18/h4-11,16-17H,12-15H2,1-3H3,(H,26,29). The van der Waals surface area contributed by atoms with Gasteiger partial charge in [0.25, 0.3) is 0 Å². The molecule has 0 saturated carbocycles. The number of nitrogens with one attached hydrogen (secondary N) is 1. The van der Waals surface area contributed by atoms with Crippen LogP contribution in [0, 0.1) is 5.92 Å². The number of rotatable bonds is 10. The third kappa shape index (κ3) is 7.86. The number of thioether (sulfide) groups is 1. The zero-order chi connectivity index (χ0) is 22.1. The van der Waals surface area contributed by atoms with Gasteiger partial charge in [-0.1, -0.05) is 73.4 Å². The van der Waals surface area contributed by atoms with Crippen LogP contribution in [-0.2, 0) is 21.9 Å². The Balaban J connectivity index is 2.10. The second-order valence-corrected chi connectivity index (χ2v) is 9.38. The summed E-state index contributed by atoms with van der Waals surface area (Å²) in [5, 5.41) is 3.92. The Hall–Kier alpha value is -1.69. The zero-order valence-corrected chi connectivity index (χ0v) is 19.9. The van der Waals surface area contributed by atoms with E-state index >= 15 is 0 Å². The van der Waals surface area contributed by atoms with E-state index in [1.807, 2.05) is 44.2 Å². The van der Waals surface area contributed by atoms with E-state index in [4.69, 9.17) is 23.2 Å². The van der Waals surface area contributed by atoms with Gasteiger partial charge in [-0.3, -0.25) is 9.59 Å². The summed E-state index contributed by atoms with van der Waals surface area (Å²) in [6.07, 6.45) is 0. The fourth-order valence-electron chi connectivity index (χ4n) is 2.78. The molecule has 0 aliphatic rings. The number of benzene rings is 2. The van der Waals surface area contributed by atoms with E-state index in [0.29, 0.717) is 22.5 Å². The molecule has 2 aromatic rings. The van der Waals surface area contributed by atoms with Crippen LogP contribution in [0.5, 0.6) is 0 Å². The molecule has 7 heteroatoms. The third-order valence-corrected chi connectivity index (χ3v) is 6.12. The van der Waals surface area contributed by atoms with Crippen molar-refractivity contribution < 1.29 is 9.59 Å². The van der Waals surface area contributed by atoms with Crippen LogP contribution < -0.4 is 5.32 Å². The van der Waals surface area contributed by atoms with E-state index in [1.54, 1.807) is 30.0 Å². The minimum Gasteiger partial charge on any atom is -0.354 e. The number of hydrogen-bond acceptors (Lipinski definition) is 3. The van der Waals surface area contributed by atoms with Crippen LogP contribution in [0.15, 0.2) is 48.5 Å². The van der Waals surface area contributed by atoms with Crippen LogP contribution in [0.2, 0.25) is 10.0 Å². The highest BCUT2D eigenvalue weighted by molar-refractivity contribution is 7.99. The van der Waals surface area contributed by atoms with Gasteiger partial charge in [-0.05, 0) is 36.1 Å². The molecule has 0 heterocycles. The molecule has 0 saturated heterocycles. The summed E-state index contributed by atoms with van der Waals surface area (Å²) < 4.78 is 0. The lowest BCUT2D eigenvalue weighted by Gasteiger charge is -2.29. The van der Waals surface area contributed by atoms with E-state index in [2.05, 4.69) is 5.32 Å². The summed E-state index contributed by atoms with van der Waals surface area (Å²) >= 11 is 13.8. The van der Waals surface area contributed by atoms with Crippen LogP contribution >= 0.6 is 35.0 Å². The van der Waals surface area contributed by atoms with Gasteiger partial charge >= 0.3 is 0 Å². The van der Waals surface area contributed by atoms with Crippen molar-refractivity contribution >= 4 is 46.8 Å². The molecule has 0 aromatic heterocycles. The maximum absolute atomic E-state index is 13.1. The smallest absolute Gasteiger partial charge is 0.242 e. The molecule has 2 rings (SSSR count). The minimum atomic E-state index is -0.611. The second-order valence-electron chi connectivity index (χ2n) is 7.55. The zero-order valence-electron chi connectivity index (χ0n) is 17.5. The van der Waals surface area contributed by atoms with Crippen LogP contribution in [0.3, 0.4) is 0 Å².